The molecule has 0 aliphatic heterocycles. The Labute approximate surface area is 98.5 Å². The average Bonchev–Trinajstić information content (AvgIpc) is 2.18. The topological polar surface area (TPSA) is 22.1 Å². The SMILES string of the molecule is COc1c(Br)cc(Br)c2ncccc12. The molecule has 0 atom stereocenters. The normalized spacial score (nSPS) is 10.5. The molecular formula is C10H7Br2NO. The molecule has 0 fully saturated rings. The van der Waals surface area contributed by atoms with E-state index in [1.807, 2.05) is 18.2 Å². The maximum Gasteiger partial charge on any atom is 0.142 e. The molecule has 0 N–H and O–H groups in total. The summed E-state index contributed by atoms with van der Waals surface area (Å²) >= 11 is 6.91. The van der Waals surface area contributed by atoms with Crippen LogP contribution in [0, 0.1) is 0 Å². The zero-order chi connectivity index (χ0) is 10.1. The van der Waals surface area contributed by atoms with Gasteiger partial charge in [-0.15, -0.1) is 0 Å². The molecule has 4 heteroatoms. The fourth-order valence-corrected chi connectivity index (χ4v) is 2.82. The molecular weight excluding hydrogens is 310 g/mol. The van der Waals surface area contributed by atoms with E-state index < -0.39 is 0 Å². The number of ether oxygens (including phenoxy) is 1. The van der Waals surface area contributed by atoms with Gasteiger partial charge in [-0.2, -0.15) is 0 Å². The second kappa shape index (κ2) is 3.87. The molecule has 2 nitrogen and oxygen atoms in total. The number of hydrogen-bond donors (Lipinski definition) is 0. The van der Waals surface area contributed by atoms with Crippen molar-refractivity contribution in [2.24, 2.45) is 0 Å². The van der Waals surface area contributed by atoms with Crippen LogP contribution < -0.4 is 4.74 Å². The number of hydrogen-bond acceptors (Lipinski definition) is 2. The number of methoxy groups -OCH3 is 1. The van der Waals surface area contributed by atoms with Crippen molar-refractivity contribution in [3.63, 3.8) is 0 Å². The first kappa shape index (κ1) is 9.93. The van der Waals surface area contributed by atoms with Crippen molar-refractivity contribution in [2.45, 2.75) is 0 Å². The van der Waals surface area contributed by atoms with Crippen LogP contribution in [-0.2, 0) is 0 Å². The van der Waals surface area contributed by atoms with Crippen molar-refractivity contribution in [3.05, 3.63) is 33.3 Å². The maximum atomic E-state index is 5.31. The number of nitrogens with zero attached hydrogens (tertiary/aromatic N) is 1. The van der Waals surface area contributed by atoms with E-state index in [4.69, 9.17) is 4.74 Å². The highest BCUT2D eigenvalue weighted by atomic mass is 79.9. The smallest absolute Gasteiger partial charge is 0.142 e. The molecule has 0 aliphatic rings. The minimum absolute atomic E-state index is 0.816. The lowest BCUT2D eigenvalue weighted by Gasteiger charge is -2.08. The van der Waals surface area contributed by atoms with Gasteiger partial charge in [-0.05, 0) is 50.1 Å². The predicted molar refractivity (Wildman–Crippen MR) is 63.7 cm³/mol. The largest absolute Gasteiger partial charge is 0.495 e. The van der Waals surface area contributed by atoms with Gasteiger partial charge in [0.05, 0.1) is 17.1 Å². The van der Waals surface area contributed by atoms with Crippen molar-refractivity contribution < 1.29 is 4.74 Å². The highest BCUT2D eigenvalue weighted by Crippen LogP contribution is 2.36. The van der Waals surface area contributed by atoms with E-state index in [-0.39, 0.29) is 0 Å². The van der Waals surface area contributed by atoms with Gasteiger partial charge in [0, 0.05) is 16.1 Å². The van der Waals surface area contributed by atoms with E-state index in [0.29, 0.717) is 0 Å². The third kappa shape index (κ3) is 1.53. The first-order chi connectivity index (χ1) is 6.74. The van der Waals surface area contributed by atoms with Crippen molar-refractivity contribution in [1.82, 2.24) is 4.98 Å². The molecule has 0 spiro atoms. The summed E-state index contributed by atoms with van der Waals surface area (Å²) in [6.45, 7) is 0. The van der Waals surface area contributed by atoms with Crippen LogP contribution in [0.2, 0.25) is 0 Å². The van der Waals surface area contributed by atoms with Crippen LogP contribution in [-0.4, -0.2) is 12.1 Å². The van der Waals surface area contributed by atoms with Crippen LogP contribution in [0.5, 0.6) is 5.75 Å². The summed E-state index contributed by atoms with van der Waals surface area (Å²) < 4.78 is 7.19. The molecule has 1 heterocycles. The summed E-state index contributed by atoms with van der Waals surface area (Å²) in [6.07, 6.45) is 1.76. The Balaban J connectivity index is 2.90. The molecule has 0 aliphatic carbocycles. The Hall–Kier alpha value is -0.610. The summed E-state index contributed by atoms with van der Waals surface area (Å²) in [7, 11) is 1.65. The number of rotatable bonds is 1. The highest BCUT2D eigenvalue weighted by molar-refractivity contribution is 9.11. The molecule has 2 aromatic rings. The molecule has 0 bridgehead atoms. The zero-order valence-corrected chi connectivity index (χ0v) is 10.6. The van der Waals surface area contributed by atoms with Gasteiger partial charge in [-0.25, -0.2) is 0 Å². The van der Waals surface area contributed by atoms with Crippen LogP contribution >= 0.6 is 31.9 Å². The molecule has 0 saturated heterocycles. The van der Waals surface area contributed by atoms with Crippen LogP contribution in [0.25, 0.3) is 10.9 Å². The van der Waals surface area contributed by atoms with Gasteiger partial charge in [0.15, 0.2) is 0 Å². The standard InChI is InChI=1S/C10H7Br2NO/c1-14-10-6-3-2-4-13-9(6)7(11)5-8(10)12/h2-5H,1H3. The summed E-state index contributed by atoms with van der Waals surface area (Å²) in [4.78, 5) is 4.28. The fraction of sp³-hybridized carbons (Fsp3) is 0.100. The van der Waals surface area contributed by atoms with Crippen molar-refractivity contribution >= 4 is 42.8 Å². The van der Waals surface area contributed by atoms with Gasteiger partial charge in [0.2, 0.25) is 0 Å². The minimum atomic E-state index is 0.816. The molecule has 0 radical (unpaired) electrons. The van der Waals surface area contributed by atoms with Crippen LogP contribution in [0.15, 0.2) is 33.3 Å². The number of aromatic nitrogens is 1. The lowest BCUT2D eigenvalue weighted by Crippen LogP contribution is -1.88. The van der Waals surface area contributed by atoms with Gasteiger partial charge < -0.3 is 4.74 Å². The Morgan fingerprint density at radius 2 is 2.07 bits per heavy atom. The number of benzene rings is 1. The van der Waals surface area contributed by atoms with Crippen molar-refractivity contribution in [3.8, 4) is 5.75 Å². The first-order valence-corrected chi connectivity index (χ1v) is 5.59. The number of pyridine rings is 1. The second-order valence-electron chi connectivity index (χ2n) is 2.77. The molecule has 0 saturated carbocycles. The van der Waals surface area contributed by atoms with Gasteiger partial charge in [0.1, 0.15) is 5.75 Å². The molecule has 0 unspecified atom stereocenters. The Kier molecular flexibility index (Phi) is 2.74. The monoisotopic (exact) mass is 315 g/mol. The summed E-state index contributed by atoms with van der Waals surface area (Å²) in [5.74, 6) is 0.816. The van der Waals surface area contributed by atoms with E-state index in [1.165, 1.54) is 0 Å². The molecule has 1 aromatic heterocycles. The fourth-order valence-electron chi connectivity index (χ4n) is 1.36. The Bertz CT molecular complexity index is 485. The third-order valence-electron chi connectivity index (χ3n) is 1.95. The number of halogens is 2. The second-order valence-corrected chi connectivity index (χ2v) is 4.48. The van der Waals surface area contributed by atoms with Crippen LogP contribution in [0.1, 0.15) is 0 Å². The van der Waals surface area contributed by atoms with Crippen LogP contribution in [0.4, 0.5) is 0 Å². The van der Waals surface area contributed by atoms with E-state index >= 15 is 0 Å². The third-order valence-corrected chi connectivity index (χ3v) is 3.15. The van der Waals surface area contributed by atoms with Gasteiger partial charge in [0.25, 0.3) is 0 Å². The Morgan fingerprint density at radius 3 is 2.79 bits per heavy atom. The van der Waals surface area contributed by atoms with E-state index in [1.54, 1.807) is 13.3 Å². The summed E-state index contributed by atoms with van der Waals surface area (Å²) in [5, 5.41) is 0.997. The lowest BCUT2D eigenvalue weighted by atomic mass is 10.2. The summed E-state index contributed by atoms with van der Waals surface area (Å²) in [5.41, 5.74) is 0.910. The van der Waals surface area contributed by atoms with Crippen molar-refractivity contribution in [1.29, 1.82) is 0 Å². The van der Waals surface area contributed by atoms with Gasteiger partial charge in [-0.1, -0.05) is 0 Å². The Morgan fingerprint density at radius 1 is 1.29 bits per heavy atom. The van der Waals surface area contributed by atoms with Crippen LogP contribution in [0.3, 0.4) is 0 Å². The summed E-state index contributed by atoms with van der Waals surface area (Å²) in [6, 6.07) is 5.81. The molecule has 14 heavy (non-hydrogen) atoms. The number of fused-ring (bicyclic) bond motifs is 1. The van der Waals surface area contributed by atoms with E-state index in [9.17, 15) is 0 Å². The maximum absolute atomic E-state index is 5.31. The predicted octanol–water partition coefficient (Wildman–Crippen LogP) is 3.77. The molecule has 72 valence electrons. The molecule has 2 rings (SSSR count). The first-order valence-electron chi connectivity index (χ1n) is 4.00. The minimum Gasteiger partial charge on any atom is -0.495 e. The van der Waals surface area contributed by atoms with Gasteiger partial charge >= 0.3 is 0 Å². The molecule has 0 amide bonds. The zero-order valence-electron chi connectivity index (χ0n) is 7.42. The van der Waals surface area contributed by atoms with Crippen molar-refractivity contribution in [2.75, 3.05) is 7.11 Å². The highest BCUT2D eigenvalue weighted by Gasteiger charge is 2.09. The average molecular weight is 317 g/mol. The van der Waals surface area contributed by atoms with E-state index in [0.717, 1.165) is 25.6 Å². The quantitative estimate of drug-likeness (QED) is 0.799. The molecule has 1 aromatic carbocycles. The van der Waals surface area contributed by atoms with E-state index in [2.05, 4.69) is 36.8 Å². The lowest BCUT2D eigenvalue weighted by molar-refractivity contribution is 0.417. The van der Waals surface area contributed by atoms with Gasteiger partial charge in [-0.3, -0.25) is 4.98 Å².